The first kappa shape index (κ1) is 15.9. The van der Waals surface area contributed by atoms with Crippen LogP contribution in [0.4, 0.5) is 0 Å². The lowest BCUT2D eigenvalue weighted by molar-refractivity contribution is -0.149. The fourth-order valence-corrected chi connectivity index (χ4v) is 4.48. The van der Waals surface area contributed by atoms with Crippen LogP contribution in [0, 0.1) is 5.41 Å². The number of amides is 1. The lowest BCUT2D eigenvalue weighted by Gasteiger charge is -2.45. The van der Waals surface area contributed by atoms with E-state index in [1.807, 2.05) is 4.42 Å². The van der Waals surface area contributed by atoms with Gasteiger partial charge in [-0.1, -0.05) is 42.5 Å². The Bertz CT molecular complexity index is 747. The molecule has 2 aliphatic rings. The lowest BCUT2D eigenvalue weighted by atomic mass is 9.72. The Morgan fingerprint density at radius 2 is 1.71 bits per heavy atom. The van der Waals surface area contributed by atoms with Gasteiger partial charge in [-0.05, 0) is 53.8 Å². The minimum atomic E-state index is -0.172. The Morgan fingerprint density at radius 3 is 2.54 bits per heavy atom. The predicted octanol–water partition coefficient (Wildman–Crippen LogP) is 4.20. The van der Waals surface area contributed by atoms with Crippen molar-refractivity contribution in [2.24, 2.45) is 5.41 Å². The number of piperidine rings is 2. The average molecular weight is 343 g/mol. The van der Waals surface area contributed by atoms with Gasteiger partial charge in [0.25, 0.3) is 0 Å². The quantitative estimate of drug-likeness (QED) is 0.764. The highest BCUT2D eigenvalue weighted by atomic mass is 35.5. The molecule has 0 aliphatic carbocycles. The van der Waals surface area contributed by atoms with Crippen LogP contribution in [-0.4, -0.2) is 34.9 Å². The zero-order chi connectivity index (χ0) is 16.6. The lowest BCUT2D eigenvalue weighted by Crippen LogP contribution is -2.52. The summed E-state index contributed by atoms with van der Waals surface area (Å²) in [7, 11) is 0. The summed E-state index contributed by atoms with van der Waals surface area (Å²) in [5.41, 5.74) is 1.07. The van der Waals surface area contributed by atoms with Gasteiger partial charge < -0.3 is 4.90 Å². The molecule has 0 unspecified atom stereocenters. The maximum Gasteiger partial charge on any atom is 0.229 e. The standard InChI is InChI=1S/C20H23ClN2O/c21-23-13-10-20(11-14-23)9-4-12-22(19(20)24)15-17-7-3-6-16-5-1-2-8-18(16)17/h1-3,5-8H,4,9-15H2. The largest absolute Gasteiger partial charge is 0.338 e. The molecule has 4 heteroatoms. The van der Waals surface area contributed by atoms with E-state index in [0.29, 0.717) is 12.5 Å². The summed E-state index contributed by atoms with van der Waals surface area (Å²) in [5.74, 6) is 0.339. The van der Waals surface area contributed by atoms with E-state index in [4.69, 9.17) is 11.8 Å². The van der Waals surface area contributed by atoms with Crippen LogP contribution in [0.5, 0.6) is 0 Å². The molecule has 24 heavy (non-hydrogen) atoms. The first-order valence-corrected chi connectivity index (χ1v) is 9.19. The van der Waals surface area contributed by atoms with Gasteiger partial charge >= 0.3 is 0 Å². The summed E-state index contributed by atoms with van der Waals surface area (Å²) in [6.45, 7) is 3.21. The molecule has 4 rings (SSSR count). The maximum atomic E-state index is 13.2. The second kappa shape index (κ2) is 6.38. The van der Waals surface area contributed by atoms with E-state index in [1.54, 1.807) is 0 Å². The van der Waals surface area contributed by atoms with Crippen LogP contribution in [0.15, 0.2) is 42.5 Å². The van der Waals surface area contributed by atoms with E-state index in [2.05, 4.69) is 47.4 Å². The molecule has 0 saturated carbocycles. The van der Waals surface area contributed by atoms with Gasteiger partial charge in [0.05, 0.1) is 5.41 Å². The van der Waals surface area contributed by atoms with Crippen molar-refractivity contribution in [3.63, 3.8) is 0 Å². The molecule has 3 nitrogen and oxygen atoms in total. The summed E-state index contributed by atoms with van der Waals surface area (Å²) in [5, 5.41) is 2.49. The molecule has 2 aromatic carbocycles. The fraction of sp³-hybridized carbons (Fsp3) is 0.450. The van der Waals surface area contributed by atoms with Gasteiger partial charge in [0, 0.05) is 26.2 Å². The van der Waals surface area contributed by atoms with Crippen molar-refractivity contribution >= 4 is 28.5 Å². The third kappa shape index (κ3) is 2.80. The third-order valence-corrected chi connectivity index (χ3v) is 6.07. The molecule has 0 radical (unpaired) electrons. The summed E-state index contributed by atoms with van der Waals surface area (Å²) in [6, 6.07) is 14.8. The van der Waals surface area contributed by atoms with E-state index in [-0.39, 0.29) is 5.41 Å². The SMILES string of the molecule is O=C1N(Cc2cccc3ccccc23)CCCC12CCN(Cl)CC2. The summed E-state index contributed by atoms with van der Waals surface area (Å²) in [4.78, 5) is 15.3. The molecule has 2 aromatic rings. The van der Waals surface area contributed by atoms with Gasteiger partial charge in [-0.15, -0.1) is 0 Å². The van der Waals surface area contributed by atoms with Crippen molar-refractivity contribution in [3.05, 3.63) is 48.0 Å². The number of fused-ring (bicyclic) bond motifs is 1. The predicted molar refractivity (Wildman–Crippen MR) is 97.7 cm³/mol. The molecule has 126 valence electrons. The highest BCUT2D eigenvalue weighted by Gasteiger charge is 2.45. The Morgan fingerprint density at radius 1 is 0.958 bits per heavy atom. The highest BCUT2D eigenvalue weighted by Crippen LogP contribution is 2.41. The number of hydrogen-bond donors (Lipinski definition) is 0. The van der Waals surface area contributed by atoms with Crippen LogP contribution in [0.2, 0.25) is 0 Å². The smallest absolute Gasteiger partial charge is 0.229 e. The maximum absolute atomic E-state index is 13.2. The van der Waals surface area contributed by atoms with Crippen LogP contribution in [-0.2, 0) is 11.3 Å². The molecule has 1 spiro atoms. The number of benzene rings is 2. The minimum absolute atomic E-state index is 0.172. The molecular formula is C20H23ClN2O. The highest BCUT2D eigenvalue weighted by molar-refractivity contribution is 6.13. The van der Waals surface area contributed by atoms with Gasteiger partial charge in [0.1, 0.15) is 0 Å². The Kier molecular flexibility index (Phi) is 4.23. The van der Waals surface area contributed by atoms with Gasteiger partial charge in [-0.25, -0.2) is 4.42 Å². The first-order valence-electron chi connectivity index (χ1n) is 8.85. The Labute approximate surface area is 148 Å². The van der Waals surface area contributed by atoms with Crippen LogP contribution in [0.25, 0.3) is 10.8 Å². The summed E-state index contributed by atoms with van der Waals surface area (Å²) in [6.07, 6.45) is 3.89. The van der Waals surface area contributed by atoms with E-state index in [1.165, 1.54) is 16.3 Å². The topological polar surface area (TPSA) is 23.6 Å². The van der Waals surface area contributed by atoms with E-state index < -0.39 is 0 Å². The van der Waals surface area contributed by atoms with Gasteiger partial charge in [0.2, 0.25) is 5.91 Å². The normalized spacial score (nSPS) is 21.5. The number of rotatable bonds is 2. The molecule has 2 heterocycles. The zero-order valence-corrected chi connectivity index (χ0v) is 14.6. The molecule has 2 aliphatic heterocycles. The van der Waals surface area contributed by atoms with Crippen LogP contribution >= 0.6 is 11.8 Å². The van der Waals surface area contributed by atoms with Crippen molar-refractivity contribution in [2.75, 3.05) is 19.6 Å². The zero-order valence-electron chi connectivity index (χ0n) is 13.9. The Hall–Kier alpha value is -1.58. The third-order valence-electron chi connectivity index (χ3n) is 5.73. The fourth-order valence-electron chi connectivity index (χ4n) is 4.31. The first-order chi connectivity index (χ1) is 11.7. The van der Waals surface area contributed by atoms with Crippen LogP contribution in [0.3, 0.4) is 0 Å². The molecule has 2 saturated heterocycles. The number of hydrogen-bond acceptors (Lipinski definition) is 2. The molecule has 0 bridgehead atoms. The monoisotopic (exact) mass is 342 g/mol. The Balaban J connectivity index is 1.59. The molecule has 2 fully saturated rings. The van der Waals surface area contributed by atoms with Crippen molar-refractivity contribution in [1.29, 1.82) is 0 Å². The van der Waals surface area contributed by atoms with Gasteiger partial charge in [-0.2, -0.15) is 0 Å². The van der Waals surface area contributed by atoms with E-state index in [9.17, 15) is 4.79 Å². The van der Waals surface area contributed by atoms with Crippen molar-refractivity contribution in [3.8, 4) is 0 Å². The summed E-state index contributed by atoms with van der Waals surface area (Å²) >= 11 is 6.11. The number of carbonyl (C=O) groups excluding carboxylic acids is 1. The second-order valence-electron chi connectivity index (χ2n) is 7.16. The number of carbonyl (C=O) groups is 1. The minimum Gasteiger partial charge on any atom is -0.338 e. The number of halogens is 1. The van der Waals surface area contributed by atoms with Crippen LogP contribution in [0.1, 0.15) is 31.2 Å². The number of nitrogens with zero attached hydrogens (tertiary/aromatic N) is 2. The van der Waals surface area contributed by atoms with Gasteiger partial charge in [0.15, 0.2) is 0 Å². The number of likely N-dealkylation sites (tertiary alicyclic amines) is 1. The molecule has 0 aromatic heterocycles. The van der Waals surface area contributed by atoms with Crippen molar-refractivity contribution in [2.45, 2.75) is 32.2 Å². The van der Waals surface area contributed by atoms with E-state index >= 15 is 0 Å². The van der Waals surface area contributed by atoms with Crippen molar-refractivity contribution < 1.29 is 4.79 Å². The van der Waals surface area contributed by atoms with E-state index in [0.717, 1.165) is 45.3 Å². The summed E-state index contributed by atoms with van der Waals surface area (Å²) < 4.78 is 1.82. The van der Waals surface area contributed by atoms with Crippen molar-refractivity contribution in [1.82, 2.24) is 9.32 Å². The molecule has 1 amide bonds. The molecule has 0 atom stereocenters. The molecule has 0 N–H and O–H groups in total. The second-order valence-corrected chi connectivity index (χ2v) is 7.64. The van der Waals surface area contributed by atoms with Crippen LogP contribution < -0.4 is 0 Å². The average Bonchev–Trinajstić information content (AvgIpc) is 2.62. The van der Waals surface area contributed by atoms with Gasteiger partial charge in [-0.3, -0.25) is 4.79 Å². The molecular weight excluding hydrogens is 320 g/mol.